The van der Waals surface area contributed by atoms with Crippen LogP contribution in [0.5, 0.6) is 0 Å². The minimum Gasteiger partial charge on any atom is -0.395 e. The third-order valence-corrected chi connectivity index (χ3v) is 3.50. The summed E-state index contributed by atoms with van der Waals surface area (Å²) < 4.78 is 0. The molecule has 1 unspecified atom stereocenters. The fourth-order valence-corrected chi connectivity index (χ4v) is 2.27. The van der Waals surface area contributed by atoms with E-state index in [2.05, 4.69) is 22.2 Å². The highest BCUT2D eigenvalue weighted by atomic mass is 32.2. The molecule has 0 radical (unpaired) electrons. The van der Waals surface area contributed by atoms with Crippen LogP contribution in [0.1, 0.15) is 31.7 Å². The lowest BCUT2D eigenvalue weighted by Gasteiger charge is -2.14. The molecular formula is C12H21N3OS. The van der Waals surface area contributed by atoms with Gasteiger partial charge in [0.25, 0.3) is 0 Å². The van der Waals surface area contributed by atoms with E-state index < -0.39 is 0 Å². The Kier molecular flexibility index (Phi) is 5.71. The quantitative estimate of drug-likeness (QED) is 0.604. The Hall–Kier alpha value is -0.810. The molecule has 0 aromatic carbocycles. The number of thioether (sulfide) groups is 1. The van der Waals surface area contributed by atoms with Crippen LogP contribution < -0.4 is 5.32 Å². The first kappa shape index (κ1) is 14.3. The highest BCUT2D eigenvalue weighted by Gasteiger charge is 2.12. The van der Waals surface area contributed by atoms with E-state index >= 15 is 0 Å². The normalized spacial score (nSPS) is 12.5. The van der Waals surface area contributed by atoms with Crippen molar-refractivity contribution in [2.45, 2.75) is 44.4 Å². The molecule has 2 N–H and O–H groups in total. The van der Waals surface area contributed by atoms with E-state index in [0.717, 1.165) is 35.2 Å². The smallest absolute Gasteiger partial charge is 0.133 e. The van der Waals surface area contributed by atoms with E-state index in [4.69, 9.17) is 5.11 Å². The van der Waals surface area contributed by atoms with Gasteiger partial charge in [0, 0.05) is 17.4 Å². The van der Waals surface area contributed by atoms with Crippen molar-refractivity contribution < 1.29 is 5.11 Å². The number of anilines is 1. The van der Waals surface area contributed by atoms with E-state index in [-0.39, 0.29) is 11.9 Å². The minimum absolute atomic E-state index is 0.155. The summed E-state index contributed by atoms with van der Waals surface area (Å²) in [6, 6.07) is 0. The van der Waals surface area contributed by atoms with E-state index in [1.54, 1.807) is 11.8 Å². The van der Waals surface area contributed by atoms with E-state index in [1.807, 2.05) is 20.8 Å². The number of hydrogen-bond acceptors (Lipinski definition) is 5. The Morgan fingerprint density at radius 2 is 2.06 bits per heavy atom. The number of aromatic nitrogens is 2. The SMILES string of the molecule is CCCNc1nc(C)nc(SC(C)CO)c1C. The molecule has 1 heterocycles. The molecule has 4 nitrogen and oxygen atoms in total. The summed E-state index contributed by atoms with van der Waals surface area (Å²) in [6.07, 6.45) is 1.07. The monoisotopic (exact) mass is 255 g/mol. The third kappa shape index (κ3) is 4.16. The molecule has 0 fully saturated rings. The lowest BCUT2D eigenvalue weighted by Crippen LogP contribution is -2.09. The molecule has 5 heteroatoms. The number of hydrogen-bond donors (Lipinski definition) is 2. The summed E-state index contributed by atoms with van der Waals surface area (Å²) in [6.45, 7) is 9.09. The average Bonchev–Trinajstić information content (AvgIpc) is 2.31. The minimum atomic E-state index is 0.155. The number of rotatable bonds is 6. The lowest BCUT2D eigenvalue weighted by atomic mass is 10.3. The van der Waals surface area contributed by atoms with Crippen LogP contribution >= 0.6 is 11.8 Å². The van der Waals surface area contributed by atoms with E-state index in [1.165, 1.54) is 0 Å². The van der Waals surface area contributed by atoms with Gasteiger partial charge in [0.1, 0.15) is 16.7 Å². The molecule has 1 aromatic heterocycles. The Bertz CT molecular complexity index is 371. The maximum absolute atomic E-state index is 9.09. The molecule has 0 aliphatic carbocycles. The van der Waals surface area contributed by atoms with Crippen LogP contribution in [0.2, 0.25) is 0 Å². The van der Waals surface area contributed by atoms with Crippen LogP contribution in [0.25, 0.3) is 0 Å². The van der Waals surface area contributed by atoms with Crippen LogP contribution in [0.3, 0.4) is 0 Å². The molecule has 17 heavy (non-hydrogen) atoms. The van der Waals surface area contributed by atoms with Gasteiger partial charge in [-0.05, 0) is 20.3 Å². The highest BCUT2D eigenvalue weighted by molar-refractivity contribution is 7.99. The number of aliphatic hydroxyl groups is 1. The highest BCUT2D eigenvalue weighted by Crippen LogP contribution is 2.27. The zero-order valence-corrected chi connectivity index (χ0v) is 11.8. The summed E-state index contributed by atoms with van der Waals surface area (Å²) in [5, 5.41) is 13.5. The second kappa shape index (κ2) is 6.81. The van der Waals surface area contributed by atoms with Gasteiger partial charge in [-0.2, -0.15) is 0 Å². The van der Waals surface area contributed by atoms with Gasteiger partial charge in [0.05, 0.1) is 6.61 Å². The zero-order chi connectivity index (χ0) is 12.8. The first-order valence-corrected chi connectivity index (χ1v) is 6.83. The van der Waals surface area contributed by atoms with Gasteiger partial charge in [-0.15, -0.1) is 11.8 Å². The second-order valence-electron chi connectivity index (χ2n) is 4.09. The van der Waals surface area contributed by atoms with Gasteiger partial charge >= 0.3 is 0 Å². The van der Waals surface area contributed by atoms with Crippen molar-refractivity contribution >= 4 is 17.6 Å². The maximum Gasteiger partial charge on any atom is 0.133 e. The molecule has 1 atom stereocenters. The molecule has 96 valence electrons. The topological polar surface area (TPSA) is 58.0 Å². The molecule has 1 rings (SSSR count). The average molecular weight is 255 g/mol. The Morgan fingerprint density at radius 1 is 1.35 bits per heavy atom. The van der Waals surface area contributed by atoms with Gasteiger partial charge < -0.3 is 10.4 Å². The molecule has 0 saturated heterocycles. The lowest BCUT2D eigenvalue weighted by molar-refractivity contribution is 0.300. The van der Waals surface area contributed by atoms with Crippen LogP contribution in [-0.2, 0) is 0 Å². The predicted molar refractivity (Wildman–Crippen MR) is 72.7 cm³/mol. The fourth-order valence-electron chi connectivity index (χ4n) is 1.36. The molecule has 1 aromatic rings. The number of nitrogens with one attached hydrogen (secondary N) is 1. The Labute approximate surface area is 107 Å². The first-order valence-electron chi connectivity index (χ1n) is 5.95. The molecule has 0 spiro atoms. The maximum atomic E-state index is 9.09. The van der Waals surface area contributed by atoms with Crippen LogP contribution in [-0.4, -0.2) is 33.5 Å². The number of nitrogens with zero attached hydrogens (tertiary/aromatic N) is 2. The number of aliphatic hydroxyl groups excluding tert-OH is 1. The van der Waals surface area contributed by atoms with Crippen LogP contribution in [0.4, 0.5) is 5.82 Å². The summed E-state index contributed by atoms with van der Waals surface area (Å²) in [5.74, 6) is 1.67. The molecule has 0 amide bonds. The van der Waals surface area contributed by atoms with Crippen LogP contribution in [0, 0.1) is 13.8 Å². The van der Waals surface area contributed by atoms with Crippen molar-refractivity contribution in [1.82, 2.24) is 9.97 Å². The van der Waals surface area contributed by atoms with Gasteiger partial charge in [-0.1, -0.05) is 13.8 Å². The summed E-state index contributed by atoms with van der Waals surface area (Å²) in [5.41, 5.74) is 1.06. The van der Waals surface area contributed by atoms with Gasteiger partial charge in [-0.25, -0.2) is 9.97 Å². The van der Waals surface area contributed by atoms with Crippen molar-refractivity contribution in [3.05, 3.63) is 11.4 Å². The molecule has 0 aliphatic heterocycles. The predicted octanol–water partition coefficient (Wildman–Crippen LogP) is 2.39. The Balaban J connectivity index is 2.92. The zero-order valence-electron chi connectivity index (χ0n) is 10.9. The molecule has 0 bridgehead atoms. The van der Waals surface area contributed by atoms with Crippen molar-refractivity contribution in [3.63, 3.8) is 0 Å². The standard InChI is InChI=1S/C12H21N3OS/c1-5-6-13-11-9(3)12(15-10(4)14-11)17-8(2)7-16/h8,16H,5-7H2,1-4H3,(H,13,14,15). The van der Waals surface area contributed by atoms with Crippen molar-refractivity contribution in [2.24, 2.45) is 0 Å². The first-order chi connectivity index (χ1) is 8.08. The van der Waals surface area contributed by atoms with E-state index in [9.17, 15) is 0 Å². The number of aryl methyl sites for hydroxylation is 1. The van der Waals surface area contributed by atoms with Gasteiger partial charge in [0.15, 0.2) is 0 Å². The third-order valence-electron chi connectivity index (χ3n) is 2.33. The van der Waals surface area contributed by atoms with Gasteiger partial charge in [0.2, 0.25) is 0 Å². The largest absolute Gasteiger partial charge is 0.395 e. The molecule has 0 saturated carbocycles. The van der Waals surface area contributed by atoms with Crippen molar-refractivity contribution in [1.29, 1.82) is 0 Å². The van der Waals surface area contributed by atoms with Crippen molar-refractivity contribution in [3.8, 4) is 0 Å². The summed E-state index contributed by atoms with van der Waals surface area (Å²) in [4.78, 5) is 8.84. The molecule has 0 aliphatic rings. The summed E-state index contributed by atoms with van der Waals surface area (Å²) >= 11 is 1.59. The van der Waals surface area contributed by atoms with Gasteiger partial charge in [-0.3, -0.25) is 0 Å². The second-order valence-corrected chi connectivity index (χ2v) is 5.51. The van der Waals surface area contributed by atoms with Crippen molar-refractivity contribution in [2.75, 3.05) is 18.5 Å². The Morgan fingerprint density at radius 3 is 2.65 bits per heavy atom. The molecular weight excluding hydrogens is 234 g/mol. The summed E-state index contributed by atoms with van der Waals surface area (Å²) in [7, 11) is 0. The van der Waals surface area contributed by atoms with Crippen LogP contribution in [0.15, 0.2) is 5.03 Å². The van der Waals surface area contributed by atoms with E-state index in [0.29, 0.717) is 0 Å². The fraction of sp³-hybridized carbons (Fsp3) is 0.667.